The Bertz CT molecular complexity index is 913. The maximum absolute atomic E-state index is 12.2. The third kappa shape index (κ3) is 3.83. The second-order valence-corrected chi connectivity index (χ2v) is 8.88. The molecule has 2 heterocycles. The molecule has 25 heavy (non-hydrogen) atoms. The molecule has 0 N–H and O–H groups in total. The normalized spacial score (nSPS) is 17.2. The van der Waals surface area contributed by atoms with E-state index in [9.17, 15) is 8.42 Å². The van der Waals surface area contributed by atoms with E-state index in [0.29, 0.717) is 12.1 Å². The Balaban J connectivity index is 2.00. The van der Waals surface area contributed by atoms with E-state index in [0.717, 1.165) is 16.2 Å². The number of nitriles is 1. The van der Waals surface area contributed by atoms with Gasteiger partial charge in [0, 0.05) is 28.9 Å². The summed E-state index contributed by atoms with van der Waals surface area (Å²) < 4.78 is 30.9. The number of rotatable bonds is 5. The van der Waals surface area contributed by atoms with Gasteiger partial charge in [0.15, 0.2) is 5.50 Å². The Hall–Kier alpha value is -2.37. The fourth-order valence-corrected chi connectivity index (χ4v) is 5.01. The second kappa shape index (κ2) is 6.86. The highest BCUT2D eigenvalue weighted by Gasteiger charge is 2.35. The van der Waals surface area contributed by atoms with Gasteiger partial charge < -0.3 is 9.32 Å². The van der Waals surface area contributed by atoms with E-state index in [1.165, 1.54) is 22.3 Å². The molecule has 0 saturated carbocycles. The van der Waals surface area contributed by atoms with Crippen molar-refractivity contribution in [2.75, 3.05) is 11.2 Å². The van der Waals surface area contributed by atoms with Gasteiger partial charge in [-0.1, -0.05) is 11.8 Å². The van der Waals surface area contributed by atoms with Crippen LogP contribution in [0.1, 0.15) is 18.1 Å². The minimum Gasteiger partial charge on any atom is -0.472 e. The summed E-state index contributed by atoms with van der Waals surface area (Å²) in [5.74, 6) is 0. The highest BCUT2D eigenvalue weighted by atomic mass is 32.2. The predicted octanol–water partition coefficient (Wildman–Crippen LogP) is 3.31. The molecule has 0 bridgehead atoms. The number of benzene rings is 1. The smallest absolute Gasteiger partial charge is 0.234 e. The van der Waals surface area contributed by atoms with E-state index >= 15 is 0 Å². The van der Waals surface area contributed by atoms with Crippen LogP contribution < -0.4 is 4.90 Å². The number of nitrogens with zero attached hydrogens (tertiary/aromatic N) is 3. The van der Waals surface area contributed by atoms with E-state index < -0.39 is 15.5 Å². The van der Waals surface area contributed by atoms with Crippen molar-refractivity contribution in [3.8, 4) is 6.07 Å². The molecular formula is C17H17N3O3S2. The van der Waals surface area contributed by atoms with Crippen LogP contribution in [-0.4, -0.2) is 24.5 Å². The topological polar surface area (TPSA) is 77.6 Å². The van der Waals surface area contributed by atoms with Crippen LogP contribution in [0.4, 0.5) is 5.69 Å². The number of allylic oxidation sites excluding steroid dienone is 1. The summed E-state index contributed by atoms with van der Waals surface area (Å²) in [6.07, 6.45) is 6.08. The van der Waals surface area contributed by atoms with Gasteiger partial charge in [-0.3, -0.25) is 0 Å². The van der Waals surface area contributed by atoms with E-state index in [2.05, 4.69) is 6.07 Å². The standard InChI is InChI=1S/C17H17N3O3S2/c1-13-10-20(25(2,21)22)17(24-13)19(11-15-7-8-23-12-15)16-5-3-14(9-18)4-6-16/h3-8,10,12,17H,11H2,1-2H3. The lowest BCUT2D eigenvalue weighted by molar-refractivity contribution is 0.474. The molecule has 8 heteroatoms. The molecule has 1 atom stereocenters. The fourth-order valence-electron chi connectivity index (χ4n) is 2.56. The Morgan fingerprint density at radius 2 is 2.04 bits per heavy atom. The Labute approximate surface area is 151 Å². The number of furan rings is 1. The molecule has 130 valence electrons. The van der Waals surface area contributed by atoms with Gasteiger partial charge in [0.25, 0.3) is 0 Å². The summed E-state index contributed by atoms with van der Waals surface area (Å²) >= 11 is 1.47. The van der Waals surface area contributed by atoms with Crippen molar-refractivity contribution in [2.24, 2.45) is 0 Å². The lowest BCUT2D eigenvalue weighted by Gasteiger charge is -2.35. The fraction of sp³-hybridized carbons (Fsp3) is 0.235. The maximum Gasteiger partial charge on any atom is 0.234 e. The molecule has 6 nitrogen and oxygen atoms in total. The van der Waals surface area contributed by atoms with Gasteiger partial charge in [0.2, 0.25) is 10.0 Å². The second-order valence-electron chi connectivity index (χ2n) is 5.69. The number of hydrogen-bond acceptors (Lipinski definition) is 6. The van der Waals surface area contributed by atoms with Crippen LogP contribution >= 0.6 is 11.8 Å². The van der Waals surface area contributed by atoms with Gasteiger partial charge in [-0.15, -0.1) is 0 Å². The minimum atomic E-state index is -3.41. The number of hydrogen-bond donors (Lipinski definition) is 0. The molecule has 0 aliphatic carbocycles. The van der Waals surface area contributed by atoms with Crippen molar-refractivity contribution < 1.29 is 12.8 Å². The SMILES string of the molecule is CC1=CN(S(C)(=O)=O)C(N(Cc2ccoc2)c2ccc(C#N)cc2)S1. The lowest BCUT2D eigenvalue weighted by atomic mass is 10.2. The van der Waals surface area contributed by atoms with Crippen molar-refractivity contribution >= 4 is 27.5 Å². The van der Waals surface area contributed by atoms with E-state index in [1.54, 1.807) is 30.9 Å². The van der Waals surface area contributed by atoms with Crippen molar-refractivity contribution in [3.63, 3.8) is 0 Å². The van der Waals surface area contributed by atoms with Crippen molar-refractivity contribution in [1.29, 1.82) is 5.26 Å². The summed E-state index contributed by atoms with van der Waals surface area (Å²) in [6.45, 7) is 2.37. The summed E-state index contributed by atoms with van der Waals surface area (Å²) in [5, 5.41) is 8.99. The molecule has 1 aromatic carbocycles. The molecule has 1 unspecified atom stereocenters. The first-order chi connectivity index (χ1) is 11.9. The quantitative estimate of drug-likeness (QED) is 0.798. The van der Waals surface area contributed by atoms with Crippen molar-refractivity contribution in [2.45, 2.75) is 19.0 Å². The monoisotopic (exact) mass is 375 g/mol. The Morgan fingerprint density at radius 1 is 1.32 bits per heavy atom. The molecule has 3 rings (SSSR count). The zero-order valence-electron chi connectivity index (χ0n) is 13.8. The zero-order chi connectivity index (χ0) is 18.0. The summed E-state index contributed by atoms with van der Waals surface area (Å²) in [5.41, 5.74) is 1.88. The molecule has 1 aliphatic rings. The highest BCUT2D eigenvalue weighted by molar-refractivity contribution is 8.04. The van der Waals surface area contributed by atoms with Crippen LogP contribution in [-0.2, 0) is 16.6 Å². The molecule has 0 spiro atoms. The van der Waals surface area contributed by atoms with Crippen LogP contribution in [0.15, 0.2) is 58.4 Å². The third-order valence-corrected chi connectivity index (χ3v) is 6.10. The van der Waals surface area contributed by atoms with Gasteiger partial charge in [0.1, 0.15) is 0 Å². The molecule has 2 aromatic rings. The Morgan fingerprint density at radius 3 is 2.60 bits per heavy atom. The predicted molar refractivity (Wildman–Crippen MR) is 97.9 cm³/mol. The molecular weight excluding hydrogens is 358 g/mol. The zero-order valence-corrected chi connectivity index (χ0v) is 15.4. The summed E-state index contributed by atoms with van der Waals surface area (Å²) in [7, 11) is -3.41. The minimum absolute atomic E-state index is 0.433. The summed E-state index contributed by atoms with van der Waals surface area (Å²) in [6, 6.07) is 11.0. The van der Waals surface area contributed by atoms with Gasteiger partial charge in [-0.25, -0.2) is 12.7 Å². The molecule has 0 radical (unpaired) electrons. The first-order valence-corrected chi connectivity index (χ1v) is 10.2. The van der Waals surface area contributed by atoms with E-state index in [1.807, 2.05) is 30.0 Å². The van der Waals surface area contributed by atoms with Crippen LogP contribution in [0.2, 0.25) is 0 Å². The molecule has 0 saturated heterocycles. The number of anilines is 1. The van der Waals surface area contributed by atoms with Gasteiger partial charge in [-0.2, -0.15) is 5.26 Å². The van der Waals surface area contributed by atoms with Gasteiger partial charge in [-0.05, 0) is 37.3 Å². The van der Waals surface area contributed by atoms with E-state index in [4.69, 9.17) is 9.68 Å². The lowest BCUT2D eigenvalue weighted by Crippen LogP contribution is -2.44. The van der Waals surface area contributed by atoms with Gasteiger partial charge >= 0.3 is 0 Å². The molecule has 1 aliphatic heterocycles. The third-order valence-electron chi connectivity index (χ3n) is 3.73. The van der Waals surface area contributed by atoms with Crippen LogP contribution in [0.5, 0.6) is 0 Å². The molecule has 0 fully saturated rings. The van der Waals surface area contributed by atoms with Crippen molar-refractivity contribution in [1.82, 2.24) is 4.31 Å². The highest BCUT2D eigenvalue weighted by Crippen LogP contribution is 2.39. The maximum atomic E-state index is 12.2. The van der Waals surface area contributed by atoms with Gasteiger partial charge in [0.05, 0.1) is 30.4 Å². The number of thioether (sulfide) groups is 1. The number of sulfonamides is 1. The first kappa shape index (κ1) is 17.5. The van der Waals surface area contributed by atoms with Crippen LogP contribution in [0.3, 0.4) is 0 Å². The summed E-state index contributed by atoms with van der Waals surface area (Å²) in [4.78, 5) is 2.89. The first-order valence-electron chi connectivity index (χ1n) is 7.50. The Kier molecular flexibility index (Phi) is 4.79. The molecule has 1 aromatic heterocycles. The largest absolute Gasteiger partial charge is 0.472 e. The average Bonchev–Trinajstić information content (AvgIpc) is 3.21. The van der Waals surface area contributed by atoms with Crippen molar-refractivity contribution in [3.05, 3.63) is 65.1 Å². The average molecular weight is 375 g/mol. The van der Waals surface area contributed by atoms with Crippen LogP contribution in [0.25, 0.3) is 0 Å². The van der Waals surface area contributed by atoms with Crippen LogP contribution in [0, 0.1) is 11.3 Å². The molecule has 0 amide bonds. The van der Waals surface area contributed by atoms with E-state index in [-0.39, 0.29) is 0 Å².